The third-order valence-electron chi connectivity index (χ3n) is 3.93. The van der Waals surface area contributed by atoms with Crippen LogP contribution in [-0.2, 0) is 10.3 Å². The number of likely N-dealkylation sites (N-methyl/N-ethyl adjacent to an activating group) is 1. The van der Waals surface area contributed by atoms with Crippen molar-refractivity contribution < 1.29 is 4.74 Å². The maximum Gasteiger partial charge on any atom is 0.160 e. The number of ether oxygens (including phenoxy) is 1. The van der Waals surface area contributed by atoms with Crippen molar-refractivity contribution in [1.82, 2.24) is 15.3 Å². The second-order valence-corrected chi connectivity index (χ2v) is 5.38. The molecule has 108 valence electrons. The van der Waals surface area contributed by atoms with E-state index in [0.717, 1.165) is 30.2 Å². The molecule has 0 aliphatic heterocycles. The molecule has 0 amide bonds. The third kappa shape index (κ3) is 3.31. The van der Waals surface area contributed by atoms with Crippen molar-refractivity contribution in [3.63, 3.8) is 0 Å². The molecule has 1 aromatic heterocycles. The number of methoxy groups -OCH3 is 1. The number of rotatable bonds is 6. The molecule has 1 N–H and O–H groups in total. The van der Waals surface area contributed by atoms with Gasteiger partial charge >= 0.3 is 0 Å². The Kier molecular flexibility index (Phi) is 5.44. The van der Waals surface area contributed by atoms with Crippen molar-refractivity contribution in [3.05, 3.63) is 22.8 Å². The summed E-state index contributed by atoms with van der Waals surface area (Å²) in [7, 11) is 3.69. The number of nitrogens with one attached hydrogen (secondary N) is 1. The van der Waals surface area contributed by atoms with Crippen LogP contribution in [-0.4, -0.2) is 30.7 Å². The van der Waals surface area contributed by atoms with E-state index >= 15 is 0 Å². The molecule has 1 aromatic rings. The van der Waals surface area contributed by atoms with Gasteiger partial charge in [0, 0.05) is 25.0 Å². The summed E-state index contributed by atoms with van der Waals surface area (Å²) in [6.45, 7) is 11.4. The second kappa shape index (κ2) is 6.44. The first kappa shape index (κ1) is 16.1. The highest BCUT2D eigenvalue weighted by atomic mass is 16.5. The monoisotopic (exact) mass is 265 g/mol. The largest absolute Gasteiger partial charge is 0.371 e. The zero-order chi connectivity index (χ0) is 14.6. The van der Waals surface area contributed by atoms with E-state index in [9.17, 15) is 0 Å². The molecule has 1 heterocycles. The summed E-state index contributed by atoms with van der Waals surface area (Å²) in [5.41, 5.74) is 2.96. The molecule has 19 heavy (non-hydrogen) atoms. The number of aromatic nitrogens is 2. The Hall–Kier alpha value is -1.00. The Labute approximate surface area is 117 Å². The maximum atomic E-state index is 5.59. The Bertz CT molecular complexity index is 404. The first-order chi connectivity index (χ1) is 8.89. The average Bonchev–Trinajstić information content (AvgIpc) is 2.37. The molecule has 2 atom stereocenters. The van der Waals surface area contributed by atoms with Gasteiger partial charge in [0.25, 0.3) is 0 Å². The van der Waals surface area contributed by atoms with Crippen LogP contribution in [0, 0.1) is 13.8 Å². The van der Waals surface area contributed by atoms with E-state index < -0.39 is 5.60 Å². The summed E-state index contributed by atoms with van der Waals surface area (Å²) in [5, 5.41) is 3.21. The van der Waals surface area contributed by atoms with E-state index in [-0.39, 0.29) is 0 Å². The predicted molar refractivity (Wildman–Crippen MR) is 78.5 cm³/mol. The molecular formula is C15H27N3O. The van der Waals surface area contributed by atoms with Gasteiger partial charge in [-0.15, -0.1) is 0 Å². The summed E-state index contributed by atoms with van der Waals surface area (Å²) in [5.74, 6) is 1.20. The van der Waals surface area contributed by atoms with Gasteiger partial charge in [-0.25, -0.2) is 9.97 Å². The van der Waals surface area contributed by atoms with Gasteiger partial charge in [-0.2, -0.15) is 0 Å². The zero-order valence-corrected chi connectivity index (χ0v) is 13.3. The molecule has 0 fully saturated rings. The van der Waals surface area contributed by atoms with Gasteiger partial charge in [0.1, 0.15) is 5.60 Å². The topological polar surface area (TPSA) is 47.0 Å². The Balaban J connectivity index is 3.24. The Morgan fingerprint density at radius 3 is 2.16 bits per heavy atom. The molecule has 4 heteroatoms. The fourth-order valence-electron chi connectivity index (χ4n) is 2.48. The minimum Gasteiger partial charge on any atom is -0.371 e. The average molecular weight is 265 g/mol. The molecule has 2 unspecified atom stereocenters. The minimum absolute atomic E-state index is 0.402. The van der Waals surface area contributed by atoms with E-state index in [0.29, 0.717) is 5.92 Å². The van der Waals surface area contributed by atoms with Gasteiger partial charge in [-0.05, 0) is 45.7 Å². The predicted octanol–water partition coefficient (Wildman–Crippen LogP) is 2.69. The lowest BCUT2D eigenvalue weighted by molar-refractivity contribution is -0.00929. The molecule has 0 bridgehead atoms. The first-order valence-corrected chi connectivity index (χ1v) is 6.95. The molecule has 0 spiro atoms. The van der Waals surface area contributed by atoms with E-state index in [1.54, 1.807) is 7.11 Å². The van der Waals surface area contributed by atoms with Crippen LogP contribution in [0.25, 0.3) is 0 Å². The fraction of sp³-hybridized carbons (Fsp3) is 0.733. The van der Waals surface area contributed by atoms with Crippen molar-refractivity contribution in [1.29, 1.82) is 0 Å². The molecule has 0 aliphatic rings. The Morgan fingerprint density at radius 1 is 1.26 bits per heavy atom. The van der Waals surface area contributed by atoms with E-state index in [4.69, 9.17) is 4.74 Å². The van der Waals surface area contributed by atoms with Gasteiger partial charge < -0.3 is 10.1 Å². The van der Waals surface area contributed by atoms with E-state index in [2.05, 4.69) is 43.0 Å². The highest BCUT2D eigenvalue weighted by Gasteiger charge is 2.29. The van der Waals surface area contributed by atoms with Crippen LogP contribution < -0.4 is 5.32 Å². The van der Waals surface area contributed by atoms with Crippen molar-refractivity contribution in [3.8, 4) is 0 Å². The summed E-state index contributed by atoms with van der Waals surface area (Å²) in [6, 6.07) is 0. The van der Waals surface area contributed by atoms with Gasteiger partial charge in [0.15, 0.2) is 5.82 Å². The number of hydrogen-bond donors (Lipinski definition) is 1. The van der Waals surface area contributed by atoms with Crippen LogP contribution >= 0.6 is 0 Å². The molecule has 4 nitrogen and oxygen atoms in total. The van der Waals surface area contributed by atoms with Crippen LogP contribution in [0.1, 0.15) is 55.9 Å². The number of hydrogen-bond acceptors (Lipinski definition) is 4. The zero-order valence-electron chi connectivity index (χ0n) is 13.3. The summed E-state index contributed by atoms with van der Waals surface area (Å²) >= 11 is 0. The van der Waals surface area contributed by atoms with Crippen molar-refractivity contribution in [2.24, 2.45) is 0 Å². The lowest BCUT2D eigenvalue weighted by atomic mass is 9.96. The molecule has 0 radical (unpaired) electrons. The lowest BCUT2D eigenvalue weighted by Gasteiger charge is -2.27. The summed E-state index contributed by atoms with van der Waals surface area (Å²) < 4.78 is 5.59. The van der Waals surface area contributed by atoms with Crippen LogP contribution in [0.2, 0.25) is 0 Å². The molecule has 0 aromatic carbocycles. The minimum atomic E-state index is -0.402. The van der Waals surface area contributed by atoms with Crippen molar-refractivity contribution in [2.45, 2.75) is 52.6 Å². The van der Waals surface area contributed by atoms with Crippen LogP contribution in [0.3, 0.4) is 0 Å². The molecule has 0 saturated heterocycles. The van der Waals surface area contributed by atoms with E-state index in [1.165, 1.54) is 5.56 Å². The van der Waals surface area contributed by atoms with Crippen molar-refractivity contribution >= 4 is 0 Å². The lowest BCUT2D eigenvalue weighted by Crippen LogP contribution is -2.28. The van der Waals surface area contributed by atoms with Crippen LogP contribution in [0.4, 0.5) is 0 Å². The van der Waals surface area contributed by atoms with Crippen LogP contribution in [0.5, 0.6) is 0 Å². The second-order valence-electron chi connectivity index (χ2n) is 5.38. The maximum absolute atomic E-state index is 5.59. The third-order valence-corrected chi connectivity index (χ3v) is 3.93. The number of nitrogens with zero attached hydrogens (tertiary/aromatic N) is 2. The van der Waals surface area contributed by atoms with Gasteiger partial charge in [-0.3, -0.25) is 0 Å². The quantitative estimate of drug-likeness (QED) is 0.859. The summed E-state index contributed by atoms with van der Waals surface area (Å²) in [4.78, 5) is 9.37. The molecular weight excluding hydrogens is 238 g/mol. The standard InChI is InChI=1S/C15H27N3O/c1-8-15(5,19-7)14-17-11(3)13(12(4)18-14)10(2)9-16-6/h10,16H,8-9H2,1-7H3. The van der Waals surface area contributed by atoms with Gasteiger partial charge in [0.2, 0.25) is 0 Å². The molecule has 0 aliphatic carbocycles. The Morgan fingerprint density at radius 2 is 1.79 bits per heavy atom. The fourth-order valence-corrected chi connectivity index (χ4v) is 2.48. The van der Waals surface area contributed by atoms with Crippen LogP contribution in [0.15, 0.2) is 0 Å². The van der Waals surface area contributed by atoms with Gasteiger partial charge in [0.05, 0.1) is 0 Å². The normalized spacial score (nSPS) is 16.2. The first-order valence-electron chi connectivity index (χ1n) is 6.95. The highest BCUT2D eigenvalue weighted by Crippen LogP contribution is 2.28. The summed E-state index contributed by atoms with van der Waals surface area (Å²) in [6.07, 6.45) is 0.855. The highest BCUT2D eigenvalue weighted by molar-refractivity contribution is 5.29. The van der Waals surface area contributed by atoms with Gasteiger partial charge in [-0.1, -0.05) is 13.8 Å². The molecule has 0 saturated carbocycles. The SMILES string of the molecule is CCC(C)(OC)c1nc(C)c(C(C)CNC)c(C)n1. The van der Waals surface area contributed by atoms with E-state index in [1.807, 2.05) is 14.0 Å². The molecule has 1 rings (SSSR count). The van der Waals surface area contributed by atoms with Crippen molar-refractivity contribution in [2.75, 3.05) is 20.7 Å². The number of aryl methyl sites for hydroxylation is 2. The smallest absolute Gasteiger partial charge is 0.160 e.